The molecule has 0 aliphatic rings. The van der Waals surface area contributed by atoms with Crippen LogP contribution < -0.4 is 4.74 Å². The highest BCUT2D eigenvalue weighted by atomic mass is 79.9. The van der Waals surface area contributed by atoms with E-state index in [2.05, 4.69) is 15.9 Å². The number of thiophene rings is 1. The summed E-state index contributed by atoms with van der Waals surface area (Å²) in [6.07, 6.45) is 0. The Bertz CT molecular complexity index is 585. The third-order valence-corrected chi connectivity index (χ3v) is 5.13. The summed E-state index contributed by atoms with van der Waals surface area (Å²) in [5.74, 6) is 0.796. The van der Waals surface area contributed by atoms with Gasteiger partial charge in [-0.3, -0.25) is 0 Å². The van der Waals surface area contributed by atoms with Gasteiger partial charge < -0.3 is 4.74 Å². The molecule has 0 spiro atoms. The number of alkyl halides is 1. The van der Waals surface area contributed by atoms with E-state index in [9.17, 15) is 0 Å². The molecular formula is C13H10BrCl3OS. The van der Waals surface area contributed by atoms with Crippen molar-refractivity contribution in [3.8, 4) is 5.75 Å². The topological polar surface area (TPSA) is 9.23 Å². The number of ether oxygens (including phenoxy) is 1. The van der Waals surface area contributed by atoms with E-state index in [4.69, 9.17) is 39.5 Å². The number of halogens is 4. The van der Waals surface area contributed by atoms with E-state index in [0.29, 0.717) is 15.3 Å². The summed E-state index contributed by atoms with van der Waals surface area (Å²) >= 11 is 23.3. The number of benzene rings is 1. The zero-order valence-corrected chi connectivity index (χ0v) is 14.6. The van der Waals surface area contributed by atoms with Crippen LogP contribution in [-0.4, -0.2) is 6.61 Å². The van der Waals surface area contributed by atoms with Crippen LogP contribution in [0, 0.1) is 0 Å². The van der Waals surface area contributed by atoms with E-state index >= 15 is 0 Å². The van der Waals surface area contributed by atoms with Crippen molar-refractivity contribution < 1.29 is 4.74 Å². The van der Waals surface area contributed by atoms with Crippen molar-refractivity contribution in [1.29, 1.82) is 0 Å². The normalized spacial score (nSPS) is 12.5. The van der Waals surface area contributed by atoms with E-state index in [1.54, 1.807) is 6.07 Å². The van der Waals surface area contributed by atoms with Gasteiger partial charge in [0.05, 0.1) is 25.1 Å². The fraction of sp³-hybridized carbons (Fsp3) is 0.231. The van der Waals surface area contributed by atoms with Crippen molar-refractivity contribution in [2.45, 2.75) is 12.3 Å². The fourth-order valence-corrected chi connectivity index (χ4v) is 4.12. The first-order valence-corrected chi connectivity index (χ1v) is 8.34. The highest BCUT2D eigenvalue weighted by Crippen LogP contribution is 2.41. The van der Waals surface area contributed by atoms with E-state index in [-0.39, 0.29) is 5.38 Å². The molecule has 1 atom stereocenters. The molecular weight excluding hydrogens is 390 g/mol. The van der Waals surface area contributed by atoms with Crippen molar-refractivity contribution in [3.05, 3.63) is 48.5 Å². The number of hydrogen-bond acceptors (Lipinski definition) is 2. The fourth-order valence-electron chi connectivity index (χ4n) is 1.65. The molecule has 1 nitrogen and oxygen atoms in total. The molecule has 1 aromatic heterocycles. The molecule has 1 aromatic carbocycles. The van der Waals surface area contributed by atoms with Crippen molar-refractivity contribution in [3.63, 3.8) is 0 Å². The molecule has 6 heteroatoms. The summed E-state index contributed by atoms with van der Waals surface area (Å²) in [6, 6.07) is 7.55. The molecule has 0 fully saturated rings. The predicted molar refractivity (Wildman–Crippen MR) is 87.3 cm³/mol. The maximum atomic E-state index is 6.45. The SMILES string of the molecule is CCOc1ccc(C(Cl)c2cc(Cl)sc2Cl)cc1Br. The lowest BCUT2D eigenvalue weighted by molar-refractivity contribution is 0.338. The third-order valence-electron chi connectivity index (χ3n) is 2.50. The van der Waals surface area contributed by atoms with Crippen LogP contribution in [0.25, 0.3) is 0 Å². The van der Waals surface area contributed by atoms with Gasteiger partial charge in [0, 0.05) is 5.56 Å². The Morgan fingerprint density at radius 2 is 2.05 bits per heavy atom. The maximum absolute atomic E-state index is 6.45. The van der Waals surface area contributed by atoms with E-state index in [1.807, 2.05) is 25.1 Å². The summed E-state index contributed by atoms with van der Waals surface area (Å²) in [6.45, 7) is 2.56. The minimum absolute atomic E-state index is 0.330. The molecule has 2 aromatic rings. The molecule has 0 N–H and O–H groups in total. The molecule has 1 unspecified atom stereocenters. The number of rotatable bonds is 4. The molecule has 19 heavy (non-hydrogen) atoms. The summed E-state index contributed by atoms with van der Waals surface area (Å²) in [4.78, 5) is 0. The second kappa shape index (κ2) is 6.68. The Morgan fingerprint density at radius 1 is 1.32 bits per heavy atom. The minimum atomic E-state index is -0.330. The largest absolute Gasteiger partial charge is 0.493 e. The lowest BCUT2D eigenvalue weighted by Gasteiger charge is -2.12. The van der Waals surface area contributed by atoms with Crippen LogP contribution in [-0.2, 0) is 0 Å². The van der Waals surface area contributed by atoms with Gasteiger partial charge >= 0.3 is 0 Å². The predicted octanol–water partition coefficient (Wildman–Crippen LogP) is 6.54. The molecule has 1 heterocycles. The third kappa shape index (κ3) is 3.59. The highest BCUT2D eigenvalue weighted by Gasteiger charge is 2.18. The van der Waals surface area contributed by atoms with Crippen LogP contribution in [0.15, 0.2) is 28.7 Å². The Hall–Kier alpha value is 0.0700. The highest BCUT2D eigenvalue weighted by molar-refractivity contribution is 9.10. The average molecular weight is 401 g/mol. The van der Waals surface area contributed by atoms with Crippen LogP contribution >= 0.6 is 62.1 Å². The maximum Gasteiger partial charge on any atom is 0.133 e. The Labute approximate surface area is 139 Å². The van der Waals surface area contributed by atoms with Crippen LogP contribution in [0.1, 0.15) is 23.4 Å². The van der Waals surface area contributed by atoms with E-state index < -0.39 is 0 Å². The first-order chi connectivity index (χ1) is 9.02. The van der Waals surface area contributed by atoms with Gasteiger partial charge in [-0.05, 0) is 46.6 Å². The molecule has 0 saturated heterocycles. The number of hydrogen-bond donors (Lipinski definition) is 0. The van der Waals surface area contributed by atoms with Crippen LogP contribution in [0.4, 0.5) is 0 Å². The molecule has 102 valence electrons. The minimum Gasteiger partial charge on any atom is -0.493 e. The van der Waals surface area contributed by atoms with Crippen molar-refractivity contribution >= 4 is 62.1 Å². The molecule has 0 aliphatic heterocycles. The first kappa shape index (κ1) is 15.5. The van der Waals surface area contributed by atoms with Gasteiger partial charge in [-0.25, -0.2) is 0 Å². The smallest absolute Gasteiger partial charge is 0.133 e. The standard InChI is InChI=1S/C13H10BrCl3OS/c1-2-18-10-4-3-7(5-9(10)14)12(16)8-6-11(15)19-13(8)17/h3-6,12H,2H2,1H3. The second-order valence-electron chi connectivity index (χ2n) is 3.76. The van der Waals surface area contributed by atoms with Gasteiger partial charge in [0.2, 0.25) is 0 Å². The average Bonchev–Trinajstić information content (AvgIpc) is 2.70. The zero-order chi connectivity index (χ0) is 14.0. The van der Waals surface area contributed by atoms with Gasteiger partial charge in [-0.2, -0.15) is 0 Å². The monoisotopic (exact) mass is 398 g/mol. The van der Waals surface area contributed by atoms with Crippen molar-refractivity contribution in [2.75, 3.05) is 6.61 Å². The summed E-state index contributed by atoms with van der Waals surface area (Å²) < 4.78 is 7.60. The lowest BCUT2D eigenvalue weighted by atomic mass is 10.1. The first-order valence-electron chi connectivity index (χ1n) is 5.54. The second-order valence-corrected chi connectivity index (χ2v) is 7.34. The summed E-state index contributed by atoms with van der Waals surface area (Å²) in [7, 11) is 0. The van der Waals surface area contributed by atoms with E-state index in [1.165, 1.54) is 11.3 Å². The molecule has 0 amide bonds. The lowest BCUT2D eigenvalue weighted by Crippen LogP contribution is -1.96. The van der Waals surface area contributed by atoms with Crippen LogP contribution in [0.2, 0.25) is 8.67 Å². The molecule has 2 rings (SSSR count). The van der Waals surface area contributed by atoms with Crippen molar-refractivity contribution in [2.24, 2.45) is 0 Å². The van der Waals surface area contributed by atoms with Crippen LogP contribution in [0.5, 0.6) is 5.75 Å². The van der Waals surface area contributed by atoms with Gasteiger partial charge in [-0.1, -0.05) is 29.3 Å². The van der Waals surface area contributed by atoms with Gasteiger partial charge in [-0.15, -0.1) is 22.9 Å². The Kier molecular flexibility index (Phi) is 5.44. The molecule has 0 aliphatic carbocycles. The van der Waals surface area contributed by atoms with Gasteiger partial charge in [0.1, 0.15) is 5.75 Å². The van der Waals surface area contributed by atoms with Crippen molar-refractivity contribution in [1.82, 2.24) is 0 Å². The molecule has 0 radical (unpaired) electrons. The molecule has 0 bridgehead atoms. The summed E-state index contributed by atoms with van der Waals surface area (Å²) in [5.41, 5.74) is 1.77. The molecule has 0 saturated carbocycles. The Balaban J connectivity index is 2.31. The van der Waals surface area contributed by atoms with Gasteiger partial charge in [0.15, 0.2) is 0 Å². The van der Waals surface area contributed by atoms with Crippen LogP contribution in [0.3, 0.4) is 0 Å². The zero-order valence-electron chi connectivity index (χ0n) is 9.92. The summed E-state index contributed by atoms with van der Waals surface area (Å²) in [5, 5.41) is -0.330. The Morgan fingerprint density at radius 3 is 2.58 bits per heavy atom. The quantitative estimate of drug-likeness (QED) is 0.529. The van der Waals surface area contributed by atoms with Gasteiger partial charge in [0.25, 0.3) is 0 Å². The van der Waals surface area contributed by atoms with E-state index in [0.717, 1.165) is 21.3 Å².